The largest absolute Gasteiger partial charge is 0.480 e. The third kappa shape index (κ3) is 10.7. The molecule has 0 spiro atoms. The first-order chi connectivity index (χ1) is 15.5. The Morgan fingerprint density at radius 1 is 0.939 bits per heavy atom. The van der Waals surface area contributed by atoms with E-state index in [1.807, 2.05) is 50.4 Å². The van der Waals surface area contributed by atoms with Gasteiger partial charge in [0.05, 0.1) is 6.04 Å². The molecule has 4 atom stereocenters. The highest BCUT2D eigenvalue weighted by atomic mass is 32.2. The number of hydrogen-bond donors (Lipinski definition) is 5. The number of rotatable bonds is 14. The van der Waals surface area contributed by atoms with Crippen LogP contribution in [0.3, 0.4) is 0 Å². The van der Waals surface area contributed by atoms with Gasteiger partial charge in [-0.1, -0.05) is 44.2 Å². The molecular weight excluding hydrogens is 444 g/mol. The zero-order valence-corrected chi connectivity index (χ0v) is 20.5. The number of carbonyl (C=O) groups is 4. The zero-order chi connectivity index (χ0) is 25.0. The monoisotopic (exact) mass is 480 g/mol. The van der Waals surface area contributed by atoms with Crippen molar-refractivity contribution in [2.75, 3.05) is 12.0 Å². The first-order valence-corrected chi connectivity index (χ1v) is 12.4. The molecule has 0 bridgehead atoms. The summed E-state index contributed by atoms with van der Waals surface area (Å²) in [5, 5.41) is 16.9. The average Bonchev–Trinajstić information content (AvgIpc) is 2.75. The van der Waals surface area contributed by atoms with Crippen molar-refractivity contribution in [1.29, 1.82) is 0 Å². The number of amides is 3. The Labute approximate surface area is 199 Å². The lowest BCUT2D eigenvalue weighted by Crippen LogP contribution is -2.57. The van der Waals surface area contributed by atoms with Crippen LogP contribution >= 0.6 is 11.8 Å². The Hall–Kier alpha value is -2.59. The van der Waals surface area contributed by atoms with Crippen LogP contribution in [0.5, 0.6) is 0 Å². The molecule has 0 aliphatic heterocycles. The quantitative estimate of drug-likeness (QED) is 0.266. The van der Waals surface area contributed by atoms with Gasteiger partial charge in [0.25, 0.3) is 0 Å². The van der Waals surface area contributed by atoms with E-state index in [9.17, 15) is 19.2 Å². The highest BCUT2D eigenvalue weighted by Gasteiger charge is 2.29. The summed E-state index contributed by atoms with van der Waals surface area (Å²) in [6, 6.07) is 5.33. The van der Waals surface area contributed by atoms with Gasteiger partial charge in [0.1, 0.15) is 18.1 Å². The highest BCUT2D eigenvalue weighted by molar-refractivity contribution is 7.98. The van der Waals surface area contributed by atoms with Crippen molar-refractivity contribution < 1.29 is 24.3 Å². The molecule has 0 saturated carbocycles. The van der Waals surface area contributed by atoms with Gasteiger partial charge >= 0.3 is 5.97 Å². The summed E-state index contributed by atoms with van der Waals surface area (Å²) in [5.41, 5.74) is 6.76. The Morgan fingerprint density at radius 2 is 1.52 bits per heavy atom. The van der Waals surface area contributed by atoms with Crippen molar-refractivity contribution in [3.63, 3.8) is 0 Å². The summed E-state index contributed by atoms with van der Waals surface area (Å²) in [5.74, 6) is -1.91. The molecule has 0 fully saturated rings. The van der Waals surface area contributed by atoms with Crippen LogP contribution in [0.2, 0.25) is 0 Å². The van der Waals surface area contributed by atoms with Gasteiger partial charge in [-0.05, 0) is 43.3 Å². The number of aliphatic carboxylic acids is 1. The van der Waals surface area contributed by atoms with Gasteiger partial charge in [-0.15, -0.1) is 0 Å². The van der Waals surface area contributed by atoms with Crippen LogP contribution in [-0.2, 0) is 25.6 Å². The summed E-state index contributed by atoms with van der Waals surface area (Å²) in [6.45, 7) is 5.26. The molecule has 0 radical (unpaired) electrons. The molecule has 4 unspecified atom stereocenters. The Bertz CT molecular complexity index is 790. The Balaban J connectivity index is 3.00. The van der Waals surface area contributed by atoms with E-state index in [0.29, 0.717) is 18.6 Å². The van der Waals surface area contributed by atoms with Crippen molar-refractivity contribution in [2.24, 2.45) is 11.7 Å². The average molecular weight is 481 g/mol. The van der Waals surface area contributed by atoms with Crippen LogP contribution in [0, 0.1) is 5.92 Å². The number of hydrogen-bond acceptors (Lipinski definition) is 6. The number of nitrogens with one attached hydrogen (secondary N) is 3. The van der Waals surface area contributed by atoms with Gasteiger partial charge in [-0.25, -0.2) is 0 Å². The molecule has 10 heteroatoms. The fraction of sp³-hybridized carbons (Fsp3) is 0.565. The van der Waals surface area contributed by atoms with Crippen LogP contribution in [0.4, 0.5) is 0 Å². The number of thioether (sulfide) groups is 1. The Kier molecular flexibility index (Phi) is 12.5. The summed E-state index contributed by atoms with van der Waals surface area (Å²) in [7, 11) is 0. The third-order valence-electron chi connectivity index (χ3n) is 4.95. The lowest BCUT2D eigenvalue weighted by Gasteiger charge is -2.25. The van der Waals surface area contributed by atoms with Crippen LogP contribution in [0.1, 0.15) is 39.2 Å². The molecule has 0 heterocycles. The van der Waals surface area contributed by atoms with E-state index in [0.717, 1.165) is 5.56 Å². The SMILES string of the molecule is CSCCC(NC(=O)C(N)CC(C)C)C(=O)NC(Cc1ccccc1)C(=O)NC(C)C(=O)O. The van der Waals surface area contributed by atoms with E-state index in [2.05, 4.69) is 16.0 Å². The molecule has 1 aromatic carbocycles. The smallest absolute Gasteiger partial charge is 0.325 e. The fourth-order valence-corrected chi connectivity index (χ4v) is 3.58. The molecule has 0 aromatic heterocycles. The number of carboxylic acids is 1. The molecule has 1 rings (SSSR count). The number of carbonyl (C=O) groups excluding carboxylic acids is 3. The first-order valence-electron chi connectivity index (χ1n) is 11.0. The van der Waals surface area contributed by atoms with Crippen molar-refractivity contribution in [3.05, 3.63) is 35.9 Å². The van der Waals surface area contributed by atoms with Gasteiger partial charge in [0.2, 0.25) is 17.7 Å². The van der Waals surface area contributed by atoms with Crippen LogP contribution in [0.25, 0.3) is 0 Å². The van der Waals surface area contributed by atoms with E-state index < -0.39 is 47.9 Å². The minimum absolute atomic E-state index is 0.167. The lowest BCUT2D eigenvalue weighted by atomic mass is 10.0. The number of benzene rings is 1. The summed E-state index contributed by atoms with van der Waals surface area (Å²) in [4.78, 5) is 49.5. The maximum Gasteiger partial charge on any atom is 0.325 e. The molecule has 0 aliphatic carbocycles. The van der Waals surface area contributed by atoms with Gasteiger partial charge in [0, 0.05) is 6.42 Å². The van der Waals surface area contributed by atoms with Crippen LogP contribution in [-0.4, -0.2) is 65.0 Å². The van der Waals surface area contributed by atoms with E-state index in [-0.39, 0.29) is 12.3 Å². The molecule has 0 saturated heterocycles. The molecule has 3 amide bonds. The second-order valence-corrected chi connectivity index (χ2v) is 9.38. The minimum atomic E-state index is -1.18. The van der Waals surface area contributed by atoms with Crippen molar-refractivity contribution in [3.8, 4) is 0 Å². The van der Waals surface area contributed by atoms with Gasteiger partial charge < -0.3 is 26.8 Å². The first kappa shape index (κ1) is 28.4. The standard InChI is InChI=1S/C23H36N4O5S/c1-14(2)12-17(24)20(28)26-18(10-11-33-4)21(29)27-19(13-16-8-6-5-7-9-16)22(30)25-15(3)23(31)32/h5-9,14-15,17-19H,10-13,24H2,1-4H3,(H,25,30)(H,26,28)(H,27,29)(H,31,32). The van der Waals surface area contributed by atoms with Crippen molar-refractivity contribution in [2.45, 2.75) is 64.2 Å². The lowest BCUT2D eigenvalue weighted by molar-refractivity contribution is -0.141. The Morgan fingerprint density at radius 3 is 2.06 bits per heavy atom. The molecule has 33 heavy (non-hydrogen) atoms. The van der Waals surface area contributed by atoms with E-state index in [4.69, 9.17) is 10.8 Å². The predicted octanol–water partition coefficient (Wildman–Crippen LogP) is 0.915. The summed E-state index contributed by atoms with van der Waals surface area (Å²) < 4.78 is 0. The minimum Gasteiger partial charge on any atom is -0.480 e. The van der Waals surface area contributed by atoms with Crippen molar-refractivity contribution in [1.82, 2.24) is 16.0 Å². The molecule has 9 nitrogen and oxygen atoms in total. The van der Waals surface area contributed by atoms with E-state index in [1.54, 1.807) is 0 Å². The van der Waals surface area contributed by atoms with Gasteiger partial charge in [-0.2, -0.15) is 11.8 Å². The second-order valence-electron chi connectivity index (χ2n) is 8.40. The predicted molar refractivity (Wildman–Crippen MR) is 130 cm³/mol. The maximum atomic E-state index is 13.1. The molecule has 0 aliphatic rings. The fourth-order valence-electron chi connectivity index (χ4n) is 3.11. The molecule has 6 N–H and O–H groups in total. The normalized spacial score (nSPS) is 14.6. The van der Waals surface area contributed by atoms with Crippen LogP contribution in [0.15, 0.2) is 30.3 Å². The topological polar surface area (TPSA) is 151 Å². The highest BCUT2D eigenvalue weighted by Crippen LogP contribution is 2.08. The second kappa shape index (κ2) is 14.5. The van der Waals surface area contributed by atoms with Gasteiger partial charge in [-0.3, -0.25) is 19.2 Å². The van der Waals surface area contributed by atoms with E-state index in [1.165, 1.54) is 18.7 Å². The molecular formula is C23H36N4O5S. The van der Waals surface area contributed by atoms with E-state index >= 15 is 0 Å². The van der Waals surface area contributed by atoms with Crippen LogP contribution < -0.4 is 21.7 Å². The van der Waals surface area contributed by atoms with Crippen molar-refractivity contribution >= 4 is 35.5 Å². The van der Waals surface area contributed by atoms with Gasteiger partial charge in [0.15, 0.2) is 0 Å². The summed E-state index contributed by atoms with van der Waals surface area (Å²) in [6.07, 6.45) is 2.90. The zero-order valence-electron chi connectivity index (χ0n) is 19.7. The summed E-state index contributed by atoms with van der Waals surface area (Å²) >= 11 is 1.53. The molecule has 184 valence electrons. The maximum absolute atomic E-state index is 13.1. The third-order valence-corrected chi connectivity index (χ3v) is 5.59. The number of nitrogens with two attached hydrogens (primary N) is 1. The number of carboxylic acid groups (broad SMARTS) is 1. The molecule has 1 aromatic rings.